The zero-order valence-corrected chi connectivity index (χ0v) is 13.7. The van der Waals surface area contributed by atoms with Crippen LogP contribution < -0.4 is 0 Å². The summed E-state index contributed by atoms with van der Waals surface area (Å²) in [7, 11) is 0. The first-order chi connectivity index (χ1) is 12.8. The van der Waals surface area contributed by atoms with E-state index in [4.69, 9.17) is 9.97 Å². The highest BCUT2D eigenvalue weighted by Crippen LogP contribution is 2.32. The van der Waals surface area contributed by atoms with Gasteiger partial charge in [-0.15, -0.1) is 0 Å². The lowest BCUT2D eigenvalue weighted by Gasteiger charge is -2.09. The molecular formula is C21H14N4O. The predicted molar refractivity (Wildman–Crippen MR) is 101 cm³/mol. The quantitative estimate of drug-likeness (QED) is 0.520. The molecule has 0 unspecified atom stereocenters. The number of phenolic OH excluding ortho intramolecular Hbond substituents is 1. The summed E-state index contributed by atoms with van der Waals surface area (Å²) in [5.74, 6) is 0.782. The average molecular weight is 338 g/mol. The Morgan fingerprint density at radius 1 is 0.654 bits per heavy atom. The van der Waals surface area contributed by atoms with E-state index in [9.17, 15) is 5.11 Å². The summed E-state index contributed by atoms with van der Waals surface area (Å²) in [6.45, 7) is 0. The smallest absolute Gasteiger partial charge is 0.199 e. The number of nitrogens with zero attached hydrogens (tertiary/aromatic N) is 4. The highest BCUT2D eigenvalue weighted by atomic mass is 16.3. The third-order valence-electron chi connectivity index (χ3n) is 4.33. The van der Waals surface area contributed by atoms with Gasteiger partial charge in [-0.25, -0.2) is 15.0 Å². The SMILES string of the molecule is Oc1ccccc1-c1nc2nc3ccccc3nc2n1-c1ccccc1. The molecule has 1 N–H and O–H groups in total. The molecule has 2 heterocycles. The molecule has 5 nitrogen and oxygen atoms in total. The molecule has 0 fully saturated rings. The molecule has 26 heavy (non-hydrogen) atoms. The summed E-state index contributed by atoms with van der Waals surface area (Å²) < 4.78 is 1.93. The molecule has 0 amide bonds. The molecular weight excluding hydrogens is 324 g/mol. The number of imidazole rings is 1. The Labute approximate surface area is 149 Å². The minimum Gasteiger partial charge on any atom is -0.507 e. The zero-order chi connectivity index (χ0) is 17.5. The molecule has 0 aliphatic heterocycles. The molecule has 0 aliphatic rings. The van der Waals surface area contributed by atoms with Gasteiger partial charge >= 0.3 is 0 Å². The maximum Gasteiger partial charge on any atom is 0.199 e. The summed E-state index contributed by atoms with van der Waals surface area (Å²) in [6.07, 6.45) is 0. The number of phenols is 1. The van der Waals surface area contributed by atoms with Gasteiger partial charge in [0.2, 0.25) is 0 Å². The van der Waals surface area contributed by atoms with Crippen LogP contribution in [0.3, 0.4) is 0 Å². The summed E-state index contributed by atoms with van der Waals surface area (Å²) in [6, 6.07) is 24.8. The molecule has 0 atom stereocenters. The Morgan fingerprint density at radius 3 is 2.08 bits per heavy atom. The van der Waals surface area contributed by atoms with Crippen LogP contribution >= 0.6 is 0 Å². The van der Waals surface area contributed by atoms with Crippen molar-refractivity contribution in [2.45, 2.75) is 0 Å². The van der Waals surface area contributed by atoms with Gasteiger partial charge in [0.1, 0.15) is 5.75 Å². The number of rotatable bonds is 2. The van der Waals surface area contributed by atoms with Gasteiger partial charge < -0.3 is 5.11 Å². The van der Waals surface area contributed by atoms with E-state index < -0.39 is 0 Å². The second-order valence-electron chi connectivity index (χ2n) is 5.98. The summed E-state index contributed by atoms with van der Waals surface area (Å²) >= 11 is 0. The third kappa shape index (κ3) is 2.22. The highest BCUT2D eigenvalue weighted by Gasteiger charge is 2.19. The van der Waals surface area contributed by atoms with Gasteiger partial charge in [0.25, 0.3) is 0 Å². The van der Waals surface area contributed by atoms with Crippen LogP contribution in [-0.4, -0.2) is 24.6 Å². The number of para-hydroxylation sites is 4. The Kier molecular flexibility index (Phi) is 3.18. The number of aromatic nitrogens is 4. The number of aromatic hydroxyl groups is 1. The van der Waals surface area contributed by atoms with Crippen LogP contribution in [-0.2, 0) is 0 Å². The monoisotopic (exact) mass is 338 g/mol. The molecule has 0 spiro atoms. The van der Waals surface area contributed by atoms with E-state index in [0.717, 1.165) is 16.7 Å². The van der Waals surface area contributed by atoms with Crippen molar-refractivity contribution in [1.29, 1.82) is 0 Å². The lowest BCUT2D eigenvalue weighted by molar-refractivity contribution is 0.477. The van der Waals surface area contributed by atoms with Gasteiger partial charge in [0.05, 0.1) is 16.6 Å². The van der Waals surface area contributed by atoms with E-state index in [1.54, 1.807) is 12.1 Å². The number of benzene rings is 3. The van der Waals surface area contributed by atoms with Crippen LogP contribution in [0.4, 0.5) is 0 Å². The van der Waals surface area contributed by atoms with Crippen LogP contribution in [0.5, 0.6) is 5.75 Å². The third-order valence-corrected chi connectivity index (χ3v) is 4.33. The maximum absolute atomic E-state index is 10.4. The standard InChI is InChI=1S/C21H14N4O/c26-18-13-7-4-10-15(18)20-24-19-21(25(20)14-8-2-1-3-9-14)23-17-12-6-5-11-16(17)22-19/h1-13,26H. The van der Waals surface area contributed by atoms with Crippen molar-refractivity contribution in [1.82, 2.24) is 19.5 Å². The molecule has 124 valence electrons. The number of hydrogen-bond acceptors (Lipinski definition) is 4. The van der Waals surface area contributed by atoms with Crippen molar-refractivity contribution in [3.8, 4) is 22.8 Å². The zero-order valence-electron chi connectivity index (χ0n) is 13.7. The molecule has 0 saturated carbocycles. The Balaban J connectivity index is 1.92. The Morgan fingerprint density at radius 2 is 1.31 bits per heavy atom. The Hall–Kier alpha value is -3.73. The van der Waals surface area contributed by atoms with Crippen molar-refractivity contribution in [3.05, 3.63) is 78.9 Å². The highest BCUT2D eigenvalue weighted by molar-refractivity contribution is 5.86. The lowest BCUT2D eigenvalue weighted by atomic mass is 10.2. The molecule has 0 radical (unpaired) electrons. The van der Waals surface area contributed by atoms with Crippen molar-refractivity contribution in [3.63, 3.8) is 0 Å². The van der Waals surface area contributed by atoms with Crippen LogP contribution in [0.2, 0.25) is 0 Å². The summed E-state index contributed by atoms with van der Waals surface area (Å²) in [5, 5.41) is 10.4. The van der Waals surface area contributed by atoms with E-state index in [1.165, 1.54) is 0 Å². The largest absolute Gasteiger partial charge is 0.507 e. The van der Waals surface area contributed by atoms with Gasteiger partial charge in [-0.05, 0) is 36.4 Å². The second kappa shape index (κ2) is 5.67. The fourth-order valence-corrected chi connectivity index (χ4v) is 3.12. The van der Waals surface area contributed by atoms with Crippen LogP contribution in [0, 0.1) is 0 Å². The minimum atomic E-state index is 0.171. The number of hydrogen-bond donors (Lipinski definition) is 1. The molecule has 0 aliphatic carbocycles. The van der Waals surface area contributed by atoms with Crippen molar-refractivity contribution in [2.75, 3.05) is 0 Å². The molecule has 0 saturated heterocycles. The number of fused-ring (bicyclic) bond motifs is 2. The lowest BCUT2D eigenvalue weighted by Crippen LogP contribution is -1.99. The topological polar surface area (TPSA) is 63.8 Å². The van der Waals surface area contributed by atoms with Crippen molar-refractivity contribution < 1.29 is 5.11 Å². The second-order valence-corrected chi connectivity index (χ2v) is 5.98. The van der Waals surface area contributed by atoms with E-state index in [-0.39, 0.29) is 5.75 Å². The van der Waals surface area contributed by atoms with Gasteiger partial charge in [-0.2, -0.15) is 0 Å². The molecule has 5 aromatic rings. The minimum absolute atomic E-state index is 0.171. The first-order valence-electron chi connectivity index (χ1n) is 8.30. The van der Waals surface area contributed by atoms with Gasteiger partial charge in [-0.1, -0.05) is 42.5 Å². The van der Waals surface area contributed by atoms with Crippen LogP contribution in [0.25, 0.3) is 39.4 Å². The predicted octanol–water partition coefficient (Wildman–Crippen LogP) is 4.34. The van der Waals surface area contributed by atoms with Crippen LogP contribution in [0.15, 0.2) is 78.9 Å². The molecule has 5 rings (SSSR count). The molecule has 2 aromatic heterocycles. The first-order valence-corrected chi connectivity index (χ1v) is 8.30. The molecule has 3 aromatic carbocycles. The fraction of sp³-hybridized carbons (Fsp3) is 0. The summed E-state index contributed by atoms with van der Waals surface area (Å²) in [5.41, 5.74) is 4.36. The van der Waals surface area contributed by atoms with Crippen LogP contribution in [0.1, 0.15) is 0 Å². The van der Waals surface area contributed by atoms with Gasteiger partial charge in [0.15, 0.2) is 17.1 Å². The van der Waals surface area contributed by atoms with Gasteiger partial charge in [-0.3, -0.25) is 4.57 Å². The van der Waals surface area contributed by atoms with E-state index in [2.05, 4.69) is 4.98 Å². The molecule has 5 heteroatoms. The Bertz CT molecular complexity index is 1250. The van der Waals surface area contributed by atoms with E-state index in [0.29, 0.717) is 22.7 Å². The van der Waals surface area contributed by atoms with E-state index >= 15 is 0 Å². The summed E-state index contributed by atoms with van der Waals surface area (Å²) in [4.78, 5) is 14.1. The maximum atomic E-state index is 10.4. The van der Waals surface area contributed by atoms with Gasteiger partial charge in [0, 0.05) is 5.69 Å². The first kappa shape index (κ1) is 14.6. The van der Waals surface area contributed by atoms with Crippen molar-refractivity contribution >= 4 is 22.3 Å². The molecule has 0 bridgehead atoms. The average Bonchev–Trinajstić information content (AvgIpc) is 3.05. The normalized spacial score (nSPS) is 11.2. The van der Waals surface area contributed by atoms with E-state index in [1.807, 2.05) is 71.3 Å². The van der Waals surface area contributed by atoms with Crippen molar-refractivity contribution in [2.24, 2.45) is 0 Å². The fourth-order valence-electron chi connectivity index (χ4n) is 3.12.